The number of hydrogen-bond donors (Lipinski definition) is 0. The van der Waals surface area contributed by atoms with Crippen LogP contribution in [0, 0.1) is 0 Å². The van der Waals surface area contributed by atoms with E-state index in [1.54, 1.807) is 0 Å². The lowest BCUT2D eigenvalue weighted by molar-refractivity contribution is 0.0313. The van der Waals surface area contributed by atoms with Crippen molar-refractivity contribution in [3.63, 3.8) is 0 Å². The minimum absolute atomic E-state index is 0.539. The average Bonchev–Trinajstić information content (AvgIpc) is 2.14. The summed E-state index contributed by atoms with van der Waals surface area (Å²) in [6, 6.07) is 0. The van der Waals surface area contributed by atoms with Crippen molar-refractivity contribution in [3.05, 3.63) is 18.4 Å². The Morgan fingerprint density at radius 1 is 1.33 bits per heavy atom. The smallest absolute Gasteiger partial charge is 0.0575 e. The van der Waals surface area contributed by atoms with E-state index in [1.807, 2.05) is 6.08 Å². The molecule has 0 aliphatic heterocycles. The number of ether oxygens (including phenoxy) is 1. The molecule has 0 heterocycles. The first-order valence-electron chi connectivity index (χ1n) is 4.89. The molecule has 68 valence electrons. The second-order valence-electron chi connectivity index (χ2n) is 3.33. The first kappa shape index (κ1) is 9.57. The van der Waals surface area contributed by atoms with Crippen molar-refractivity contribution in [2.24, 2.45) is 0 Å². The van der Waals surface area contributed by atoms with Crippen molar-refractivity contribution in [1.82, 2.24) is 0 Å². The van der Waals surface area contributed by atoms with Crippen LogP contribution >= 0.6 is 0 Å². The SMILES string of the molecule is C=C=CCCOC1CCCCC1. The van der Waals surface area contributed by atoms with Gasteiger partial charge in [0.05, 0.1) is 12.7 Å². The summed E-state index contributed by atoms with van der Waals surface area (Å²) in [6.07, 6.45) is 10.0. The van der Waals surface area contributed by atoms with E-state index in [0.717, 1.165) is 13.0 Å². The number of hydrogen-bond acceptors (Lipinski definition) is 1. The monoisotopic (exact) mass is 166 g/mol. The predicted molar refractivity (Wildman–Crippen MR) is 51.2 cm³/mol. The van der Waals surface area contributed by atoms with Crippen molar-refractivity contribution < 1.29 is 4.74 Å². The summed E-state index contributed by atoms with van der Waals surface area (Å²) in [5, 5.41) is 0. The van der Waals surface area contributed by atoms with Crippen LogP contribution in [-0.4, -0.2) is 12.7 Å². The molecule has 1 aliphatic rings. The van der Waals surface area contributed by atoms with Gasteiger partial charge in [0.15, 0.2) is 0 Å². The Bertz CT molecular complexity index is 150. The van der Waals surface area contributed by atoms with Crippen molar-refractivity contribution in [2.45, 2.75) is 44.6 Å². The Kier molecular flexibility index (Phi) is 4.82. The summed E-state index contributed by atoms with van der Waals surface area (Å²) in [5.74, 6) is 0. The third-order valence-corrected chi connectivity index (χ3v) is 2.31. The maximum absolute atomic E-state index is 5.69. The summed E-state index contributed by atoms with van der Waals surface area (Å²) < 4.78 is 5.69. The predicted octanol–water partition coefficient (Wildman–Crippen LogP) is 3.07. The van der Waals surface area contributed by atoms with Gasteiger partial charge in [0.25, 0.3) is 0 Å². The van der Waals surface area contributed by atoms with Crippen LogP contribution in [0.1, 0.15) is 38.5 Å². The third-order valence-electron chi connectivity index (χ3n) is 2.31. The van der Waals surface area contributed by atoms with Gasteiger partial charge in [0.1, 0.15) is 0 Å². The lowest BCUT2D eigenvalue weighted by Crippen LogP contribution is -2.16. The summed E-state index contributed by atoms with van der Waals surface area (Å²) >= 11 is 0. The van der Waals surface area contributed by atoms with Gasteiger partial charge in [0.2, 0.25) is 0 Å². The molecule has 0 aromatic carbocycles. The van der Waals surface area contributed by atoms with E-state index in [4.69, 9.17) is 4.74 Å². The van der Waals surface area contributed by atoms with E-state index in [9.17, 15) is 0 Å². The normalized spacial score (nSPS) is 18.7. The van der Waals surface area contributed by atoms with E-state index in [-0.39, 0.29) is 0 Å². The Morgan fingerprint density at radius 2 is 2.08 bits per heavy atom. The van der Waals surface area contributed by atoms with Crippen LogP contribution in [0.4, 0.5) is 0 Å². The highest BCUT2D eigenvalue weighted by Gasteiger charge is 2.12. The molecule has 0 saturated heterocycles. The van der Waals surface area contributed by atoms with Crippen molar-refractivity contribution in [2.75, 3.05) is 6.61 Å². The lowest BCUT2D eigenvalue weighted by Gasteiger charge is -2.21. The Balaban J connectivity index is 2.01. The molecule has 0 atom stereocenters. The largest absolute Gasteiger partial charge is 0.378 e. The summed E-state index contributed by atoms with van der Waals surface area (Å²) in [7, 11) is 0. The molecule has 0 radical (unpaired) electrons. The van der Waals surface area contributed by atoms with Crippen molar-refractivity contribution in [1.29, 1.82) is 0 Å². The molecule has 1 aliphatic carbocycles. The van der Waals surface area contributed by atoms with Gasteiger partial charge in [-0.25, -0.2) is 0 Å². The molecule has 0 aromatic heterocycles. The van der Waals surface area contributed by atoms with E-state index in [2.05, 4.69) is 12.3 Å². The molecule has 1 saturated carbocycles. The van der Waals surface area contributed by atoms with Gasteiger partial charge < -0.3 is 4.74 Å². The first-order valence-corrected chi connectivity index (χ1v) is 4.89. The minimum atomic E-state index is 0.539. The quantitative estimate of drug-likeness (QED) is 0.460. The molecule has 0 unspecified atom stereocenters. The Morgan fingerprint density at radius 3 is 2.75 bits per heavy atom. The Hall–Kier alpha value is -0.520. The fraction of sp³-hybridized carbons (Fsp3) is 0.727. The molecule has 1 fully saturated rings. The van der Waals surface area contributed by atoms with Crippen LogP contribution in [0.5, 0.6) is 0 Å². The zero-order chi connectivity index (χ0) is 8.65. The Labute approximate surface area is 75.1 Å². The molecular formula is C11H18O. The van der Waals surface area contributed by atoms with Gasteiger partial charge >= 0.3 is 0 Å². The minimum Gasteiger partial charge on any atom is -0.378 e. The molecular weight excluding hydrogens is 148 g/mol. The van der Waals surface area contributed by atoms with Gasteiger partial charge in [-0.3, -0.25) is 0 Å². The van der Waals surface area contributed by atoms with Gasteiger partial charge in [0, 0.05) is 0 Å². The lowest BCUT2D eigenvalue weighted by atomic mass is 9.98. The number of rotatable bonds is 4. The van der Waals surface area contributed by atoms with E-state index >= 15 is 0 Å². The van der Waals surface area contributed by atoms with E-state index < -0.39 is 0 Å². The second-order valence-corrected chi connectivity index (χ2v) is 3.33. The van der Waals surface area contributed by atoms with Crippen LogP contribution in [0.2, 0.25) is 0 Å². The van der Waals surface area contributed by atoms with Gasteiger partial charge in [-0.2, -0.15) is 0 Å². The fourth-order valence-corrected chi connectivity index (χ4v) is 1.63. The standard InChI is InChI=1S/C11H18O/c1-2-3-7-10-12-11-8-5-4-6-9-11/h3,11H,1,4-10H2. The molecule has 1 rings (SSSR count). The maximum Gasteiger partial charge on any atom is 0.0575 e. The van der Waals surface area contributed by atoms with Crippen LogP contribution in [-0.2, 0) is 4.74 Å². The van der Waals surface area contributed by atoms with E-state index in [0.29, 0.717) is 6.10 Å². The highest BCUT2D eigenvalue weighted by molar-refractivity contribution is 4.75. The molecule has 1 heteroatoms. The zero-order valence-electron chi connectivity index (χ0n) is 7.72. The van der Waals surface area contributed by atoms with Crippen LogP contribution in [0.15, 0.2) is 18.4 Å². The summed E-state index contributed by atoms with van der Waals surface area (Å²) in [5.41, 5.74) is 2.75. The molecule has 0 bridgehead atoms. The highest BCUT2D eigenvalue weighted by atomic mass is 16.5. The first-order chi connectivity index (χ1) is 5.93. The average molecular weight is 166 g/mol. The van der Waals surface area contributed by atoms with Gasteiger partial charge in [-0.15, -0.1) is 5.73 Å². The summed E-state index contributed by atoms with van der Waals surface area (Å²) in [6.45, 7) is 4.35. The van der Waals surface area contributed by atoms with Crippen LogP contribution in [0.25, 0.3) is 0 Å². The third kappa shape index (κ3) is 3.75. The summed E-state index contributed by atoms with van der Waals surface area (Å²) in [4.78, 5) is 0. The fourth-order valence-electron chi connectivity index (χ4n) is 1.63. The highest BCUT2D eigenvalue weighted by Crippen LogP contribution is 2.20. The molecule has 0 aromatic rings. The molecule has 0 amide bonds. The molecule has 12 heavy (non-hydrogen) atoms. The van der Waals surface area contributed by atoms with Gasteiger partial charge in [-0.1, -0.05) is 25.8 Å². The van der Waals surface area contributed by atoms with Crippen molar-refractivity contribution in [3.8, 4) is 0 Å². The van der Waals surface area contributed by atoms with Gasteiger partial charge in [-0.05, 0) is 25.3 Å². The molecule has 0 N–H and O–H groups in total. The topological polar surface area (TPSA) is 9.23 Å². The maximum atomic E-state index is 5.69. The zero-order valence-corrected chi connectivity index (χ0v) is 7.72. The van der Waals surface area contributed by atoms with E-state index in [1.165, 1.54) is 32.1 Å². The van der Waals surface area contributed by atoms with Crippen LogP contribution in [0.3, 0.4) is 0 Å². The second kappa shape index (κ2) is 6.05. The molecule has 1 nitrogen and oxygen atoms in total. The van der Waals surface area contributed by atoms with Crippen LogP contribution < -0.4 is 0 Å². The molecule has 0 spiro atoms. The van der Waals surface area contributed by atoms with Crippen molar-refractivity contribution >= 4 is 0 Å².